The monoisotopic (exact) mass is 470 g/mol. The molecule has 3 rings (SSSR count). The Balaban J connectivity index is 1.64. The van der Waals surface area contributed by atoms with E-state index in [1.54, 1.807) is 30.3 Å². The van der Waals surface area contributed by atoms with E-state index >= 15 is 0 Å². The fourth-order valence-corrected chi connectivity index (χ4v) is 3.45. The SMILES string of the molecule is O=C(Cc1ccccc1)NCC(=O)OC(C(=O)Nc1cc(Cl)cc(Cl)c1)c1ccccc1. The molecule has 0 heterocycles. The van der Waals surface area contributed by atoms with Gasteiger partial charge in [-0.05, 0) is 23.8 Å². The van der Waals surface area contributed by atoms with Crippen molar-refractivity contribution in [2.75, 3.05) is 11.9 Å². The van der Waals surface area contributed by atoms with Gasteiger partial charge in [0.15, 0.2) is 0 Å². The molecule has 6 nitrogen and oxygen atoms in total. The molecule has 0 aromatic heterocycles. The van der Waals surface area contributed by atoms with Gasteiger partial charge >= 0.3 is 5.97 Å². The zero-order valence-electron chi connectivity index (χ0n) is 16.9. The van der Waals surface area contributed by atoms with Gasteiger partial charge in [-0.3, -0.25) is 14.4 Å². The molecule has 164 valence electrons. The first-order valence-electron chi connectivity index (χ1n) is 9.73. The molecule has 0 fully saturated rings. The molecule has 3 aromatic carbocycles. The van der Waals surface area contributed by atoms with Crippen molar-refractivity contribution >= 4 is 46.7 Å². The number of hydrogen-bond donors (Lipinski definition) is 2. The normalized spacial score (nSPS) is 11.3. The van der Waals surface area contributed by atoms with Crippen molar-refractivity contribution in [2.24, 2.45) is 0 Å². The average Bonchev–Trinajstić information content (AvgIpc) is 2.76. The highest BCUT2D eigenvalue weighted by Gasteiger charge is 2.25. The number of carbonyl (C=O) groups is 3. The Kier molecular flexibility index (Phi) is 8.25. The standard InChI is InChI=1S/C24H20Cl2N2O4/c25-18-12-19(26)14-20(13-18)28-24(31)23(17-9-5-2-6-10-17)32-22(30)15-27-21(29)11-16-7-3-1-4-8-16/h1-10,12-14,23H,11,15H2,(H,27,29)(H,28,31). The van der Waals surface area contributed by atoms with Crippen LogP contribution in [0.25, 0.3) is 0 Å². The van der Waals surface area contributed by atoms with Crippen molar-refractivity contribution < 1.29 is 19.1 Å². The molecule has 8 heteroatoms. The van der Waals surface area contributed by atoms with Crippen molar-refractivity contribution in [1.82, 2.24) is 5.32 Å². The van der Waals surface area contributed by atoms with E-state index in [4.69, 9.17) is 27.9 Å². The molecule has 0 aliphatic heterocycles. The molecule has 2 amide bonds. The largest absolute Gasteiger partial charge is 0.446 e. The summed E-state index contributed by atoms with van der Waals surface area (Å²) in [6.45, 7) is -0.370. The summed E-state index contributed by atoms with van der Waals surface area (Å²) in [6, 6.07) is 22.3. The van der Waals surface area contributed by atoms with Crippen LogP contribution in [0.1, 0.15) is 17.2 Å². The fourth-order valence-electron chi connectivity index (χ4n) is 2.92. The molecule has 0 aliphatic rings. The summed E-state index contributed by atoms with van der Waals surface area (Å²) >= 11 is 12.0. The average molecular weight is 471 g/mol. The Labute approximate surface area is 195 Å². The zero-order valence-corrected chi connectivity index (χ0v) is 18.4. The van der Waals surface area contributed by atoms with Gasteiger partial charge in [0.1, 0.15) is 6.54 Å². The number of rotatable bonds is 8. The number of ether oxygens (including phenoxy) is 1. The van der Waals surface area contributed by atoms with Crippen LogP contribution >= 0.6 is 23.2 Å². The van der Waals surface area contributed by atoms with Crippen LogP contribution in [0.3, 0.4) is 0 Å². The van der Waals surface area contributed by atoms with E-state index in [2.05, 4.69) is 10.6 Å². The molecule has 0 spiro atoms. The molecule has 1 unspecified atom stereocenters. The highest BCUT2D eigenvalue weighted by atomic mass is 35.5. The summed E-state index contributed by atoms with van der Waals surface area (Å²) in [5.41, 5.74) is 1.66. The lowest BCUT2D eigenvalue weighted by atomic mass is 10.1. The van der Waals surface area contributed by atoms with E-state index < -0.39 is 18.0 Å². The van der Waals surface area contributed by atoms with Gasteiger partial charge < -0.3 is 15.4 Å². The highest BCUT2D eigenvalue weighted by molar-refractivity contribution is 6.35. The summed E-state index contributed by atoms with van der Waals surface area (Å²) in [6.07, 6.45) is -1.10. The minimum absolute atomic E-state index is 0.131. The molecule has 0 saturated carbocycles. The Bertz CT molecular complexity index is 1070. The van der Waals surface area contributed by atoms with Crippen LogP contribution in [-0.2, 0) is 25.5 Å². The Morgan fingerprint density at radius 1 is 0.844 bits per heavy atom. The molecule has 2 N–H and O–H groups in total. The molecule has 0 aliphatic carbocycles. The maximum absolute atomic E-state index is 12.9. The van der Waals surface area contributed by atoms with Crippen LogP contribution in [0.5, 0.6) is 0 Å². The van der Waals surface area contributed by atoms with Gasteiger partial charge in [-0.1, -0.05) is 83.9 Å². The van der Waals surface area contributed by atoms with E-state index in [1.165, 1.54) is 18.2 Å². The van der Waals surface area contributed by atoms with Crippen molar-refractivity contribution in [3.63, 3.8) is 0 Å². The maximum Gasteiger partial charge on any atom is 0.326 e. The quantitative estimate of drug-likeness (QED) is 0.472. The van der Waals surface area contributed by atoms with Crippen LogP contribution < -0.4 is 10.6 Å². The van der Waals surface area contributed by atoms with Gasteiger partial charge in [0, 0.05) is 21.3 Å². The topological polar surface area (TPSA) is 84.5 Å². The van der Waals surface area contributed by atoms with Gasteiger partial charge in [0.05, 0.1) is 6.42 Å². The summed E-state index contributed by atoms with van der Waals surface area (Å²) in [5.74, 6) is -1.67. The summed E-state index contributed by atoms with van der Waals surface area (Å²) in [7, 11) is 0. The van der Waals surface area contributed by atoms with Crippen molar-refractivity contribution in [1.29, 1.82) is 0 Å². The second-order valence-electron chi connectivity index (χ2n) is 6.87. The number of nitrogens with one attached hydrogen (secondary N) is 2. The number of amides is 2. The number of carbonyl (C=O) groups excluding carboxylic acids is 3. The third kappa shape index (κ3) is 7.11. The van der Waals surface area contributed by atoms with E-state index in [0.29, 0.717) is 21.3 Å². The van der Waals surface area contributed by atoms with Crippen LogP contribution in [-0.4, -0.2) is 24.3 Å². The molecule has 1 atom stereocenters. The van der Waals surface area contributed by atoms with E-state index in [9.17, 15) is 14.4 Å². The molecule has 0 bridgehead atoms. The number of anilines is 1. The van der Waals surface area contributed by atoms with Crippen molar-refractivity contribution in [3.8, 4) is 0 Å². The molecular formula is C24H20Cl2N2O4. The number of hydrogen-bond acceptors (Lipinski definition) is 4. The van der Waals surface area contributed by atoms with E-state index in [-0.39, 0.29) is 18.9 Å². The Morgan fingerprint density at radius 2 is 1.44 bits per heavy atom. The third-order valence-corrected chi connectivity index (χ3v) is 4.79. The van der Waals surface area contributed by atoms with Crippen LogP contribution in [0.4, 0.5) is 5.69 Å². The Hall–Kier alpha value is -3.35. The zero-order chi connectivity index (χ0) is 22.9. The van der Waals surface area contributed by atoms with Gasteiger partial charge in [-0.25, -0.2) is 0 Å². The van der Waals surface area contributed by atoms with Gasteiger partial charge in [-0.15, -0.1) is 0 Å². The third-order valence-electron chi connectivity index (χ3n) is 4.36. The summed E-state index contributed by atoms with van der Waals surface area (Å²) in [4.78, 5) is 37.4. The van der Waals surface area contributed by atoms with Crippen LogP contribution in [0.2, 0.25) is 10.0 Å². The second kappa shape index (κ2) is 11.3. The molecule has 0 radical (unpaired) electrons. The van der Waals surface area contributed by atoms with E-state index in [0.717, 1.165) is 5.56 Å². The van der Waals surface area contributed by atoms with Crippen LogP contribution in [0, 0.1) is 0 Å². The maximum atomic E-state index is 12.9. The molecular weight excluding hydrogens is 451 g/mol. The predicted octanol–water partition coefficient (Wildman–Crippen LogP) is 4.58. The number of benzene rings is 3. The first-order valence-corrected chi connectivity index (χ1v) is 10.5. The lowest BCUT2D eigenvalue weighted by Gasteiger charge is -2.18. The summed E-state index contributed by atoms with van der Waals surface area (Å²) in [5, 5.41) is 5.86. The highest BCUT2D eigenvalue weighted by Crippen LogP contribution is 2.25. The smallest absolute Gasteiger partial charge is 0.326 e. The number of halogens is 2. The minimum Gasteiger partial charge on any atom is -0.446 e. The summed E-state index contributed by atoms with van der Waals surface area (Å²) < 4.78 is 5.40. The van der Waals surface area contributed by atoms with E-state index in [1.807, 2.05) is 30.3 Å². The van der Waals surface area contributed by atoms with Gasteiger partial charge in [0.2, 0.25) is 12.0 Å². The van der Waals surface area contributed by atoms with Crippen molar-refractivity contribution in [3.05, 3.63) is 100 Å². The minimum atomic E-state index is -1.23. The fraction of sp³-hybridized carbons (Fsp3) is 0.125. The lowest BCUT2D eigenvalue weighted by molar-refractivity contribution is -0.154. The molecule has 32 heavy (non-hydrogen) atoms. The lowest BCUT2D eigenvalue weighted by Crippen LogP contribution is -2.34. The number of esters is 1. The first kappa shape index (κ1) is 23.3. The second-order valence-corrected chi connectivity index (χ2v) is 7.74. The Morgan fingerprint density at radius 3 is 2.06 bits per heavy atom. The van der Waals surface area contributed by atoms with Crippen LogP contribution in [0.15, 0.2) is 78.9 Å². The predicted molar refractivity (Wildman–Crippen MR) is 124 cm³/mol. The molecule has 3 aromatic rings. The van der Waals surface area contributed by atoms with Gasteiger partial charge in [-0.2, -0.15) is 0 Å². The molecule has 0 saturated heterocycles. The van der Waals surface area contributed by atoms with Gasteiger partial charge in [0.25, 0.3) is 5.91 Å². The van der Waals surface area contributed by atoms with Crippen molar-refractivity contribution in [2.45, 2.75) is 12.5 Å². The first-order chi connectivity index (χ1) is 15.4.